The van der Waals surface area contributed by atoms with Crippen LogP contribution in [0.15, 0.2) is 12.1 Å². The Morgan fingerprint density at radius 2 is 1.50 bits per heavy atom. The molecule has 0 bridgehead atoms. The molecule has 0 fully saturated rings. The maximum absolute atomic E-state index is 2.37. The fraction of sp³-hybridized carbons (Fsp3) is 0.625. The third kappa shape index (κ3) is 3.10. The predicted molar refractivity (Wildman–Crippen MR) is 73.2 cm³/mol. The summed E-state index contributed by atoms with van der Waals surface area (Å²) in [5.41, 5.74) is 6.23. The zero-order valence-electron chi connectivity index (χ0n) is 11.8. The van der Waals surface area contributed by atoms with Crippen molar-refractivity contribution in [3.05, 3.63) is 34.4 Å². The number of hydrogen-bond acceptors (Lipinski definition) is 0. The van der Waals surface area contributed by atoms with Crippen LogP contribution in [0.3, 0.4) is 0 Å². The molecular formula is C16H26. The number of hydrogen-bond donors (Lipinski definition) is 0. The van der Waals surface area contributed by atoms with Gasteiger partial charge in [-0.3, -0.25) is 0 Å². The van der Waals surface area contributed by atoms with Crippen LogP contribution in [-0.4, -0.2) is 0 Å². The molecule has 0 N–H and O–H groups in total. The lowest BCUT2D eigenvalue weighted by molar-refractivity contribution is 0.588. The fourth-order valence-electron chi connectivity index (χ4n) is 2.17. The predicted octanol–water partition coefficient (Wildman–Crippen LogP) is 4.94. The quantitative estimate of drug-likeness (QED) is 0.674. The van der Waals surface area contributed by atoms with Gasteiger partial charge in [0.15, 0.2) is 0 Å². The van der Waals surface area contributed by atoms with E-state index in [1.165, 1.54) is 36.0 Å². The van der Waals surface area contributed by atoms with Gasteiger partial charge in [0.2, 0.25) is 0 Å². The van der Waals surface area contributed by atoms with Crippen molar-refractivity contribution in [2.75, 3.05) is 0 Å². The van der Waals surface area contributed by atoms with Crippen LogP contribution in [0.2, 0.25) is 0 Å². The minimum Gasteiger partial charge on any atom is -0.0654 e. The van der Waals surface area contributed by atoms with Gasteiger partial charge in [-0.2, -0.15) is 0 Å². The minimum atomic E-state index is 0.263. The average Bonchev–Trinajstić information content (AvgIpc) is 2.15. The van der Waals surface area contributed by atoms with Gasteiger partial charge in [-0.25, -0.2) is 0 Å². The van der Waals surface area contributed by atoms with Crippen LogP contribution in [-0.2, 0) is 11.8 Å². The molecule has 0 atom stereocenters. The summed E-state index contributed by atoms with van der Waals surface area (Å²) in [6, 6.07) is 4.75. The summed E-state index contributed by atoms with van der Waals surface area (Å²) in [5, 5.41) is 0. The van der Waals surface area contributed by atoms with Crippen molar-refractivity contribution in [1.29, 1.82) is 0 Å². The lowest BCUT2D eigenvalue weighted by atomic mass is 9.83. The van der Waals surface area contributed by atoms with E-state index >= 15 is 0 Å². The summed E-state index contributed by atoms with van der Waals surface area (Å²) in [4.78, 5) is 0. The summed E-state index contributed by atoms with van der Waals surface area (Å²) in [5.74, 6) is 0. The SMILES string of the molecule is CCCCc1c(C)cc(C(C)(C)C)cc1C. The fourth-order valence-corrected chi connectivity index (χ4v) is 2.17. The molecule has 0 unspecified atom stereocenters. The van der Waals surface area contributed by atoms with Gasteiger partial charge in [-0.1, -0.05) is 46.2 Å². The summed E-state index contributed by atoms with van der Waals surface area (Å²) < 4.78 is 0. The summed E-state index contributed by atoms with van der Waals surface area (Å²) >= 11 is 0. The standard InChI is InChI=1S/C16H26/c1-7-8-9-15-12(2)10-14(11-13(15)3)16(4,5)6/h10-11H,7-9H2,1-6H3. The molecule has 16 heavy (non-hydrogen) atoms. The molecule has 0 saturated carbocycles. The molecule has 0 aromatic heterocycles. The van der Waals surface area contributed by atoms with Gasteiger partial charge < -0.3 is 0 Å². The van der Waals surface area contributed by atoms with Crippen LogP contribution < -0.4 is 0 Å². The Kier molecular flexibility index (Phi) is 4.18. The van der Waals surface area contributed by atoms with Gasteiger partial charge in [-0.05, 0) is 54.4 Å². The smallest absolute Gasteiger partial charge is 0.0132 e. The molecule has 0 heteroatoms. The van der Waals surface area contributed by atoms with Crippen LogP contribution in [0.4, 0.5) is 0 Å². The first-order chi connectivity index (χ1) is 7.36. The zero-order chi connectivity index (χ0) is 12.3. The Morgan fingerprint density at radius 1 is 1.00 bits per heavy atom. The summed E-state index contributed by atoms with van der Waals surface area (Å²) in [6.07, 6.45) is 3.81. The van der Waals surface area contributed by atoms with E-state index in [0.29, 0.717) is 0 Å². The van der Waals surface area contributed by atoms with Crippen molar-refractivity contribution in [2.45, 2.75) is 66.2 Å². The van der Waals surface area contributed by atoms with Crippen molar-refractivity contribution in [3.8, 4) is 0 Å². The second-order valence-corrected chi connectivity index (χ2v) is 5.94. The highest BCUT2D eigenvalue weighted by atomic mass is 14.2. The van der Waals surface area contributed by atoms with Gasteiger partial charge in [-0.15, -0.1) is 0 Å². The van der Waals surface area contributed by atoms with Gasteiger partial charge >= 0.3 is 0 Å². The molecule has 0 nitrogen and oxygen atoms in total. The summed E-state index contributed by atoms with van der Waals surface area (Å²) in [6.45, 7) is 13.6. The van der Waals surface area contributed by atoms with Crippen molar-refractivity contribution in [2.24, 2.45) is 0 Å². The molecule has 0 heterocycles. The number of rotatable bonds is 3. The third-order valence-corrected chi connectivity index (χ3v) is 3.34. The first kappa shape index (κ1) is 13.3. The van der Waals surface area contributed by atoms with E-state index in [0.717, 1.165) is 0 Å². The molecule has 0 aliphatic heterocycles. The molecule has 0 aliphatic carbocycles. The Hall–Kier alpha value is -0.780. The third-order valence-electron chi connectivity index (χ3n) is 3.34. The molecule has 1 rings (SSSR count). The van der Waals surface area contributed by atoms with E-state index in [4.69, 9.17) is 0 Å². The first-order valence-electron chi connectivity index (χ1n) is 6.47. The minimum absolute atomic E-state index is 0.263. The second-order valence-electron chi connectivity index (χ2n) is 5.94. The normalized spacial score (nSPS) is 11.9. The largest absolute Gasteiger partial charge is 0.0654 e. The summed E-state index contributed by atoms with van der Waals surface area (Å²) in [7, 11) is 0. The molecule has 0 saturated heterocycles. The molecule has 0 spiro atoms. The van der Waals surface area contributed by atoms with Crippen molar-refractivity contribution in [3.63, 3.8) is 0 Å². The zero-order valence-corrected chi connectivity index (χ0v) is 11.8. The highest BCUT2D eigenvalue weighted by Gasteiger charge is 2.15. The van der Waals surface area contributed by atoms with Gasteiger partial charge in [0.1, 0.15) is 0 Å². The number of benzene rings is 1. The van der Waals surface area contributed by atoms with Gasteiger partial charge in [0, 0.05) is 0 Å². The van der Waals surface area contributed by atoms with Crippen LogP contribution in [0.1, 0.15) is 62.8 Å². The first-order valence-corrected chi connectivity index (χ1v) is 6.47. The van der Waals surface area contributed by atoms with E-state index in [1.807, 2.05) is 0 Å². The van der Waals surface area contributed by atoms with Crippen LogP contribution in [0, 0.1) is 13.8 Å². The van der Waals surface area contributed by atoms with Crippen molar-refractivity contribution >= 4 is 0 Å². The Balaban J connectivity index is 3.08. The van der Waals surface area contributed by atoms with Crippen molar-refractivity contribution in [1.82, 2.24) is 0 Å². The van der Waals surface area contributed by atoms with Crippen LogP contribution >= 0.6 is 0 Å². The molecule has 0 aliphatic rings. The van der Waals surface area contributed by atoms with Gasteiger partial charge in [0.05, 0.1) is 0 Å². The molecule has 1 aromatic rings. The van der Waals surface area contributed by atoms with E-state index in [1.54, 1.807) is 5.56 Å². The topological polar surface area (TPSA) is 0 Å². The number of aryl methyl sites for hydroxylation is 2. The average molecular weight is 218 g/mol. The maximum atomic E-state index is 2.37. The Bertz CT molecular complexity index is 330. The molecular weight excluding hydrogens is 192 g/mol. The molecule has 0 amide bonds. The van der Waals surface area contributed by atoms with E-state index < -0.39 is 0 Å². The molecule has 90 valence electrons. The number of unbranched alkanes of at least 4 members (excludes halogenated alkanes) is 1. The van der Waals surface area contributed by atoms with E-state index in [9.17, 15) is 0 Å². The van der Waals surface area contributed by atoms with Crippen LogP contribution in [0.25, 0.3) is 0 Å². The Morgan fingerprint density at radius 3 is 1.88 bits per heavy atom. The van der Waals surface area contributed by atoms with E-state index in [2.05, 4.69) is 53.7 Å². The van der Waals surface area contributed by atoms with Crippen LogP contribution in [0.5, 0.6) is 0 Å². The monoisotopic (exact) mass is 218 g/mol. The van der Waals surface area contributed by atoms with Crippen molar-refractivity contribution < 1.29 is 0 Å². The molecule has 0 radical (unpaired) electrons. The van der Waals surface area contributed by atoms with E-state index in [-0.39, 0.29) is 5.41 Å². The lowest BCUT2D eigenvalue weighted by Gasteiger charge is -2.22. The molecule has 1 aromatic carbocycles. The van der Waals surface area contributed by atoms with Gasteiger partial charge in [0.25, 0.3) is 0 Å². The maximum Gasteiger partial charge on any atom is -0.0132 e. The highest BCUT2D eigenvalue weighted by Crippen LogP contribution is 2.27. The highest BCUT2D eigenvalue weighted by molar-refractivity contribution is 5.40. The Labute approximate surface area is 101 Å². The lowest BCUT2D eigenvalue weighted by Crippen LogP contribution is -2.12. The second kappa shape index (κ2) is 5.03.